The zero-order valence-electron chi connectivity index (χ0n) is 12.0. The van der Waals surface area contributed by atoms with Gasteiger partial charge in [0.2, 0.25) is 5.56 Å². The number of carbonyl (C=O) groups is 1. The molecule has 2 aromatic rings. The first-order valence-electron chi connectivity index (χ1n) is 6.91. The fraction of sp³-hybridized carbons (Fsp3) is 0.250. The number of nitrogens with two attached hydrogens (primary N) is 1. The molecule has 0 radical (unpaired) electrons. The molecule has 0 bridgehead atoms. The average Bonchev–Trinajstić information content (AvgIpc) is 2.52. The Labute approximate surface area is 123 Å². The monoisotopic (exact) mass is 285 g/mol. The van der Waals surface area contributed by atoms with E-state index in [0.717, 1.165) is 11.1 Å². The lowest BCUT2D eigenvalue weighted by molar-refractivity contribution is 0.0746. The molecule has 21 heavy (non-hydrogen) atoms. The summed E-state index contributed by atoms with van der Waals surface area (Å²) in [7, 11) is 0. The molecule has 0 unspecified atom stereocenters. The van der Waals surface area contributed by atoms with Crippen LogP contribution in [0.4, 0.5) is 0 Å². The Morgan fingerprint density at radius 2 is 1.86 bits per heavy atom. The number of hydrogen-bond donors (Lipinski definition) is 2. The zero-order valence-corrected chi connectivity index (χ0v) is 12.0. The molecule has 1 aromatic carbocycles. The third-order valence-corrected chi connectivity index (χ3v) is 3.37. The number of nitrogens with one attached hydrogen (secondary N) is 1. The topological polar surface area (TPSA) is 79.2 Å². The minimum atomic E-state index is -0.278. The van der Waals surface area contributed by atoms with E-state index in [-0.39, 0.29) is 11.5 Å². The summed E-state index contributed by atoms with van der Waals surface area (Å²) < 4.78 is 0. The number of aromatic nitrogens is 1. The Bertz CT molecular complexity index is 679. The predicted molar refractivity (Wildman–Crippen MR) is 81.8 cm³/mol. The summed E-state index contributed by atoms with van der Waals surface area (Å²) in [6.07, 6.45) is 0. The lowest BCUT2D eigenvalue weighted by Gasteiger charge is -2.22. The van der Waals surface area contributed by atoms with Crippen LogP contribution >= 0.6 is 0 Å². The average molecular weight is 285 g/mol. The Morgan fingerprint density at radius 3 is 2.48 bits per heavy atom. The van der Waals surface area contributed by atoms with Gasteiger partial charge in [-0.3, -0.25) is 9.59 Å². The molecule has 2 rings (SSSR count). The normalized spacial score (nSPS) is 10.4. The van der Waals surface area contributed by atoms with Gasteiger partial charge in [0.1, 0.15) is 5.69 Å². The molecule has 0 aliphatic rings. The van der Waals surface area contributed by atoms with E-state index in [4.69, 9.17) is 5.73 Å². The summed E-state index contributed by atoms with van der Waals surface area (Å²) in [5, 5.41) is 0. The fourth-order valence-corrected chi connectivity index (χ4v) is 2.19. The third kappa shape index (κ3) is 3.58. The lowest BCUT2D eigenvalue weighted by atomic mass is 10.1. The number of pyridine rings is 1. The smallest absolute Gasteiger partial charge is 0.270 e. The standard InChI is InChI=1S/C16H19N3O2/c1-2-19(11-13-7-4-3-6-12(13)10-17)16(21)14-8-5-9-15(20)18-14/h3-9H,2,10-11,17H2,1H3,(H,18,20). The second-order valence-corrected chi connectivity index (χ2v) is 4.72. The second kappa shape index (κ2) is 6.85. The zero-order chi connectivity index (χ0) is 15.2. The molecule has 0 saturated heterocycles. The molecule has 5 heteroatoms. The quantitative estimate of drug-likeness (QED) is 0.873. The minimum absolute atomic E-state index is 0.193. The van der Waals surface area contributed by atoms with Gasteiger partial charge in [-0.2, -0.15) is 0 Å². The van der Waals surface area contributed by atoms with Crippen molar-refractivity contribution in [2.45, 2.75) is 20.0 Å². The number of hydrogen-bond acceptors (Lipinski definition) is 3. The molecule has 110 valence electrons. The van der Waals surface area contributed by atoms with Gasteiger partial charge >= 0.3 is 0 Å². The Kier molecular flexibility index (Phi) is 4.90. The first kappa shape index (κ1) is 15.0. The highest BCUT2D eigenvalue weighted by atomic mass is 16.2. The molecule has 0 saturated carbocycles. The molecule has 0 fully saturated rings. The minimum Gasteiger partial charge on any atom is -0.333 e. The number of benzene rings is 1. The van der Waals surface area contributed by atoms with Gasteiger partial charge in [-0.1, -0.05) is 30.3 Å². The summed E-state index contributed by atoms with van der Waals surface area (Å²) in [5.74, 6) is -0.193. The second-order valence-electron chi connectivity index (χ2n) is 4.72. The van der Waals surface area contributed by atoms with E-state index in [1.165, 1.54) is 6.07 Å². The van der Waals surface area contributed by atoms with Crippen molar-refractivity contribution >= 4 is 5.91 Å². The molecule has 3 N–H and O–H groups in total. The van der Waals surface area contributed by atoms with Crippen LogP contribution in [-0.2, 0) is 13.1 Å². The van der Waals surface area contributed by atoms with Crippen molar-refractivity contribution in [1.82, 2.24) is 9.88 Å². The van der Waals surface area contributed by atoms with E-state index in [9.17, 15) is 9.59 Å². The van der Waals surface area contributed by atoms with Gasteiger partial charge in [0.15, 0.2) is 0 Å². The van der Waals surface area contributed by atoms with Gasteiger partial charge in [-0.05, 0) is 24.1 Å². The molecular weight excluding hydrogens is 266 g/mol. The summed E-state index contributed by atoms with van der Waals surface area (Å²) in [4.78, 5) is 28.0. The first-order chi connectivity index (χ1) is 10.2. The summed E-state index contributed by atoms with van der Waals surface area (Å²) >= 11 is 0. The van der Waals surface area contributed by atoms with Crippen molar-refractivity contribution in [2.75, 3.05) is 6.54 Å². The van der Waals surface area contributed by atoms with E-state index in [1.807, 2.05) is 31.2 Å². The van der Waals surface area contributed by atoms with Crippen LogP contribution in [0.15, 0.2) is 47.3 Å². The number of rotatable bonds is 5. The van der Waals surface area contributed by atoms with Crippen LogP contribution in [-0.4, -0.2) is 22.3 Å². The summed E-state index contributed by atoms with van der Waals surface area (Å²) in [6, 6.07) is 12.4. The van der Waals surface area contributed by atoms with Crippen LogP contribution in [0.5, 0.6) is 0 Å². The molecule has 1 heterocycles. The van der Waals surface area contributed by atoms with Crippen LogP contribution in [0.25, 0.3) is 0 Å². The maximum absolute atomic E-state index is 12.5. The van der Waals surface area contributed by atoms with Crippen molar-refractivity contribution in [3.63, 3.8) is 0 Å². The van der Waals surface area contributed by atoms with Crippen LogP contribution in [0.2, 0.25) is 0 Å². The molecule has 1 amide bonds. The maximum atomic E-state index is 12.5. The summed E-state index contributed by atoms with van der Waals surface area (Å²) in [6.45, 7) is 3.36. The van der Waals surface area contributed by atoms with Gasteiger partial charge in [0.05, 0.1) is 0 Å². The van der Waals surface area contributed by atoms with E-state index in [2.05, 4.69) is 4.98 Å². The van der Waals surface area contributed by atoms with E-state index in [1.54, 1.807) is 17.0 Å². The Balaban J connectivity index is 2.24. The van der Waals surface area contributed by atoms with Crippen LogP contribution in [0.3, 0.4) is 0 Å². The number of amides is 1. The molecular formula is C16H19N3O2. The predicted octanol–water partition coefficient (Wildman–Crippen LogP) is 1.50. The lowest BCUT2D eigenvalue weighted by Crippen LogP contribution is -2.32. The van der Waals surface area contributed by atoms with Crippen molar-refractivity contribution in [3.05, 3.63) is 69.6 Å². The van der Waals surface area contributed by atoms with Gasteiger partial charge < -0.3 is 15.6 Å². The molecule has 0 aliphatic heterocycles. The Morgan fingerprint density at radius 1 is 1.14 bits per heavy atom. The van der Waals surface area contributed by atoms with Crippen LogP contribution in [0.1, 0.15) is 28.5 Å². The number of H-pyrrole nitrogens is 1. The number of nitrogens with zero attached hydrogens (tertiary/aromatic N) is 1. The Hall–Kier alpha value is -2.40. The third-order valence-electron chi connectivity index (χ3n) is 3.37. The van der Waals surface area contributed by atoms with Gasteiger partial charge in [0.25, 0.3) is 5.91 Å². The molecule has 0 aliphatic carbocycles. The van der Waals surface area contributed by atoms with Crippen molar-refractivity contribution in [2.24, 2.45) is 5.73 Å². The van der Waals surface area contributed by atoms with Crippen molar-refractivity contribution in [3.8, 4) is 0 Å². The summed E-state index contributed by atoms with van der Waals surface area (Å²) in [5.41, 5.74) is 7.79. The largest absolute Gasteiger partial charge is 0.333 e. The van der Waals surface area contributed by atoms with Gasteiger partial charge in [-0.25, -0.2) is 0 Å². The van der Waals surface area contributed by atoms with E-state index >= 15 is 0 Å². The fourth-order valence-electron chi connectivity index (χ4n) is 2.19. The first-order valence-corrected chi connectivity index (χ1v) is 6.91. The molecule has 0 atom stereocenters. The number of aromatic amines is 1. The SMILES string of the molecule is CCN(Cc1ccccc1CN)C(=O)c1cccc(=O)[nH]1. The van der Waals surface area contributed by atoms with Gasteiger partial charge in [-0.15, -0.1) is 0 Å². The van der Waals surface area contributed by atoms with Crippen molar-refractivity contribution < 1.29 is 4.79 Å². The molecule has 1 aromatic heterocycles. The van der Waals surface area contributed by atoms with E-state index in [0.29, 0.717) is 25.3 Å². The van der Waals surface area contributed by atoms with Crippen LogP contribution < -0.4 is 11.3 Å². The highest BCUT2D eigenvalue weighted by Gasteiger charge is 2.16. The van der Waals surface area contributed by atoms with Crippen LogP contribution in [0, 0.1) is 0 Å². The molecule has 0 spiro atoms. The van der Waals surface area contributed by atoms with E-state index < -0.39 is 0 Å². The van der Waals surface area contributed by atoms with Crippen molar-refractivity contribution in [1.29, 1.82) is 0 Å². The number of carbonyl (C=O) groups excluding carboxylic acids is 1. The van der Waals surface area contributed by atoms with Gasteiger partial charge in [0, 0.05) is 25.7 Å². The highest BCUT2D eigenvalue weighted by Crippen LogP contribution is 2.12. The maximum Gasteiger partial charge on any atom is 0.270 e. The highest BCUT2D eigenvalue weighted by molar-refractivity contribution is 5.92. The molecule has 5 nitrogen and oxygen atoms in total.